The summed E-state index contributed by atoms with van der Waals surface area (Å²) in [6.07, 6.45) is -1.04. The Balaban J connectivity index is 1.14. The van der Waals surface area contributed by atoms with Crippen molar-refractivity contribution in [3.05, 3.63) is 91.9 Å². The third-order valence-electron chi connectivity index (χ3n) is 10.1. The van der Waals surface area contributed by atoms with E-state index in [2.05, 4.69) is 30.9 Å². The summed E-state index contributed by atoms with van der Waals surface area (Å²) >= 11 is 14.0. The van der Waals surface area contributed by atoms with Gasteiger partial charge in [-0.1, -0.05) is 53.5 Å². The van der Waals surface area contributed by atoms with Gasteiger partial charge in [-0.2, -0.15) is 18.3 Å². The van der Waals surface area contributed by atoms with E-state index in [1.807, 2.05) is 18.2 Å². The summed E-state index contributed by atoms with van der Waals surface area (Å²) in [5.41, 5.74) is 2.58. The van der Waals surface area contributed by atoms with Crippen LogP contribution in [0, 0.1) is 0 Å². The second kappa shape index (κ2) is 12.6. The van der Waals surface area contributed by atoms with Crippen LogP contribution in [-0.4, -0.2) is 63.0 Å². The van der Waals surface area contributed by atoms with Crippen LogP contribution >= 0.6 is 23.2 Å². The van der Waals surface area contributed by atoms with Crippen LogP contribution in [0.25, 0.3) is 33.2 Å². The molecule has 5 heterocycles. The number of halogens is 5. The van der Waals surface area contributed by atoms with Gasteiger partial charge in [0, 0.05) is 60.4 Å². The van der Waals surface area contributed by atoms with Gasteiger partial charge in [-0.3, -0.25) is 9.69 Å². The number of hydrogen-bond donors (Lipinski definition) is 3. The third kappa shape index (κ3) is 5.78. The van der Waals surface area contributed by atoms with E-state index in [0.29, 0.717) is 39.8 Å². The van der Waals surface area contributed by atoms with Crippen LogP contribution in [0.4, 0.5) is 29.5 Å². The van der Waals surface area contributed by atoms with Crippen molar-refractivity contribution < 1.29 is 22.7 Å². The Labute approximate surface area is 305 Å². The molecule has 11 nitrogen and oxygen atoms in total. The van der Waals surface area contributed by atoms with E-state index in [1.165, 1.54) is 13.2 Å². The fraction of sp³-hybridized carbons (Fsp3) is 0.306. The number of rotatable bonds is 6. The summed E-state index contributed by atoms with van der Waals surface area (Å²) in [5.74, 6) is 0.200. The van der Waals surface area contributed by atoms with Crippen molar-refractivity contribution in [2.45, 2.75) is 37.0 Å². The molecule has 0 saturated carbocycles. The number of likely N-dealkylation sites (tertiary alicyclic amines) is 1. The topological polar surface area (TPSA) is 126 Å². The molecule has 2 fully saturated rings. The molecule has 2 saturated heterocycles. The summed E-state index contributed by atoms with van der Waals surface area (Å²) in [5, 5.41) is 13.2. The number of benzene rings is 2. The molecule has 3 aliphatic rings. The number of fused-ring (bicyclic) bond motifs is 2. The lowest BCUT2D eigenvalue weighted by molar-refractivity contribution is -0.141. The van der Waals surface area contributed by atoms with Gasteiger partial charge in [-0.25, -0.2) is 19.4 Å². The lowest BCUT2D eigenvalue weighted by atomic mass is 9.99. The molecule has 1 spiro atoms. The number of aryl methyl sites for hydroxylation is 2. The van der Waals surface area contributed by atoms with E-state index in [9.17, 15) is 22.8 Å². The molecule has 2 amide bonds. The second-order valence-corrected chi connectivity index (χ2v) is 14.1. The van der Waals surface area contributed by atoms with Crippen molar-refractivity contribution in [1.82, 2.24) is 35.3 Å². The van der Waals surface area contributed by atoms with E-state index in [4.69, 9.17) is 32.9 Å². The molecular weight excluding hydrogens is 720 g/mol. The molecule has 268 valence electrons. The van der Waals surface area contributed by atoms with Gasteiger partial charge in [0.1, 0.15) is 11.5 Å². The number of carbonyl (C=O) groups excluding carboxylic acids is 1. The van der Waals surface area contributed by atoms with Gasteiger partial charge in [0.25, 0.3) is 5.56 Å². The molecule has 2 atom stereocenters. The number of ether oxygens (including phenoxy) is 1. The highest BCUT2D eigenvalue weighted by Gasteiger charge is 2.47. The van der Waals surface area contributed by atoms with Gasteiger partial charge < -0.3 is 20.7 Å². The first-order valence-corrected chi connectivity index (χ1v) is 17.3. The molecule has 2 aromatic carbocycles. The zero-order valence-corrected chi connectivity index (χ0v) is 29.4. The number of carbonyl (C=O) groups is 1. The van der Waals surface area contributed by atoms with Gasteiger partial charge in [0.2, 0.25) is 5.88 Å². The average molecular weight is 752 g/mol. The predicted octanol–water partition coefficient (Wildman–Crippen LogP) is 6.88. The number of aromatic nitrogens is 4. The fourth-order valence-electron chi connectivity index (χ4n) is 7.63. The lowest BCUT2D eigenvalue weighted by Crippen LogP contribution is -2.46. The molecule has 1 aliphatic carbocycles. The zero-order chi connectivity index (χ0) is 36.5. The van der Waals surface area contributed by atoms with Gasteiger partial charge in [-0.15, -0.1) is 0 Å². The van der Waals surface area contributed by atoms with Crippen LogP contribution < -0.4 is 26.2 Å². The molecular formula is C36H31Cl2F3N8O3. The molecule has 8 rings (SSSR count). The monoisotopic (exact) mass is 750 g/mol. The highest BCUT2D eigenvalue weighted by molar-refractivity contribution is 6.39. The second-order valence-electron chi connectivity index (χ2n) is 13.3. The zero-order valence-electron chi connectivity index (χ0n) is 27.9. The third-order valence-corrected chi connectivity index (χ3v) is 11.0. The summed E-state index contributed by atoms with van der Waals surface area (Å²) in [4.78, 5) is 36.0. The fourth-order valence-corrected chi connectivity index (χ4v) is 8.23. The van der Waals surface area contributed by atoms with Gasteiger partial charge >= 0.3 is 12.2 Å². The van der Waals surface area contributed by atoms with Crippen molar-refractivity contribution in [1.29, 1.82) is 0 Å². The van der Waals surface area contributed by atoms with Crippen LogP contribution in [0.5, 0.6) is 5.88 Å². The van der Waals surface area contributed by atoms with Crippen LogP contribution in [0.3, 0.4) is 0 Å². The largest absolute Gasteiger partial charge is 0.481 e. The minimum Gasteiger partial charge on any atom is -0.481 e. The summed E-state index contributed by atoms with van der Waals surface area (Å²) in [6, 6.07) is 13.2. The Morgan fingerprint density at radius 1 is 1.04 bits per heavy atom. The number of pyridine rings is 2. The highest BCUT2D eigenvalue weighted by atomic mass is 35.5. The number of methoxy groups -OCH3 is 1. The van der Waals surface area contributed by atoms with E-state index in [0.717, 1.165) is 54.2 Å². The molecule has 3 aromatic heterocycles. The van der Waals surface area contributed by atoms with Gasteiger partial charge in [0.05, 0.1) is 45.7 Å². The van der Waals surface area contributed by atoms with Crippen molar-refractivity contribution in [2.24, 2.45) is 7.05 Å². The maximum absolute atomic E-state index is 13.8. The molecule has 16 heteroatoms. The Kier molecular flexibility index (Phi) is 8.31. The van der Waals surface area contributed by atoms with Crippen LogP contribution in [0.1, 0.15) is 35.7 Å². The minimum absolute atomic E-state index is 0.0245. The maximum atomic E-state index is 13.8. The Morgan fingerprint density at radius 2 is 1.79 bits per heavy atom. The molecule has 0 radical (unpaired) electrons. The Morgan fingerprint density at radius 3 is 2.52 bits per heavy atom. The number of nitrogens with one attached hydrogen (secondary N) is 3. The highest BCUT2D eigenvalue weighted by Crippen LogP contribution is 2.47. The van der Waals surface area contributed by atoms with E-state index in [1.54, 1.807) is 31.4 Å². The van der Waals surface area contributed by atoms with Crippen LogP contribution in [0.2, 0.25) is 10.0 Å². The summed E-state index contributed by atoms with van der Waals surface area (Å²) in [6.45, 7) is 2.18. The van der Waals surface area contributed by atoms with E-state index >= 15 is 0 Å². The Hall–Kier alpha value is -4.92. The summed E-state index contributed by atoms with van der Waals surface area (Å²) in [7, 11) is 2.99. The smallest absolute Gasteiger partial charge is 0.433 e. The first-order valence-electron chi connectivity index (χ1n) is 16.5. The molecule has 3 N–H and O–H groups in total. The molecule has 0 unspecified atom stereocenters. The average Bonchev–Trinajstić information content (AvgIpc) is 3.84. The lowest BCUT2D eigenvalue weighted by Gasteiger charge is -2.28. The van der Waals surface area contributed by atoms with Gasteiger partial charge in [0.15, 0.2) is 0 Å². The number of amides is 2. The quantitative estimate of drug-likeness (QED) is 0.172. The molecule has 2 aliphatic heterocycles. The molecule has 0 bridgehead atoms. The predicted molar refractivity (Wildman–Crippen MR) is 191 cm³/mol. The molecule has 5 aromatic rings. The normalized spacial score (nSPS) is 20.0. The molecule has 52 heavy (non-hydrogen) atoms. The van der Waals surface area contributed by atoms with Crippen molar-refractivity contribution >= 4 is 51.5 Å². The van der Waals surface area contributed by atoms with Crippen molar-refractivity contribution in [3.63, 3.8) is 0 Å². The van der Waals surface area contributed by atoms with E-state index in [-0.39, 0.29) is 44.9 Å². The number of hydrogen-bond acceptors (Lipinski definition) is 8. The Bertz CT molecular complexity index is 2350. The SMILES string of the molecule is COc1nc(-c2cccc(-c3cccc(Nc4nc(C(F)(F)F)cc5cnn(C)c(=O)c45)c3Cl)c2Cl)cc2c1[C@H](N1CC[C@@]3(CNC(=O)N3)C1)CC2. The van der Waals surface area contributed by atoms with E-state index < -0.39 is 17.4 Å². The number of nitrogens with zero attached hydrogens (tertiary/aromatic N) is 5. The van der Waals surface area contributed by atoms with Gasteiger partial charge in [-0.05, 0) is 43.0 Å². The minimum atomic E-state index is -4.77. The van der Waals surface area contributed by atoms with Crippen LogP contribution in [-0.2, 0) is 19.6 Å². The van der Waals surface area contributed by atoms with Crippen LogP contribution in [0.15, 0.2) is 59.5 Å². The van der Waals surface area contributed by atoms with Crippen molar-refractivity contribution in [2.75, 3.05) is 32.1 Å². The first kappa shape index (κ1) is 34.2. The number of urea groups is 1. The first-order chi connectivity index (χ1) is 24.9. The summed E-state index contributed by atoms with van der Waals surface area (Å²) < 4.78 is 48.3. The maximum Gasteiger partial charge on any atom is 0.433 e. The standard InChI is InChI=1S/C36H31Cl2F3N8O3/c1-48-33(50)28-19(15-43-48)14-26(36(39,40)41)46-31(28)44-23-8-4-6-21(30(23)38)20-5-3-7-22(29(20)37)24-13-18-9-10-25(27(18)32(45-24)52-2)49-12-11-35(17-49)16-42-34(51)47-35/h3-8,13-15,25H,9-12,16-17H2,1-2H3,(H,44,46)(H2,42,47,51)/t25-,35-/m1/s1. The number of anilines is 2. The number of alkyl halides is 3. The van der Waals surface area contributed by atoms with Crippen molar-refractivity contribution in [3.8, 4) is 28.3 Å².